The molecular formula is C20H26N4O2. The lowest BCUT2D eigenvalue weighted by Crippen LogP contribution is -2.47. The zero-order valence-corrected chi connectivity index (χ0v) is 15.0. The minimum Gasteiger partial charge on any atom is -0.478 e. The van der Waals surface area contributed by atoms with Gasteiger partial charge in [0.15, 0.2) is 0 Å². The Kier molecular flexibility index (Phi) is 6.57. The first-order valence-electron chi connectivity index (χ1n) is 9.12. The maximum absolute atomic E-state index is 11.0. The zero-order chi connectivity index (χ0) is 18.2. The van der Waals surface area contributed by atoms with Gasteiger partial charge in [-0.05, 0) is 49.3 Å². The molecule has 1 aromatic carbocycles. The number of nitrogens with zero attached hydrogens (tertiary/aromatic N) is 3. The van der Waals surface area contributed by atoms with Crippen LogP contribution in [0.2, 0.25) is 0 Å². The Morgan fingerprint density at radius 3 is 2.62 bits per heavy atom. The molecule has 0 radical (unpaired) electrons. The highest BCUT2D eigenvalue weighted by Crippen LogP contribution is 2.14. The number of hydrogen-bond acceptors (Lipinski definition) is 5. The smallest absolute Gasteiger partial charge is 0.335 e. The lowest BCUT2D eigenvalue weighted by Gasteiger charge is -2.36. The summed E-state index contributed by atoms with van der Waals surface area (Å²) in [6.07, 6.45) is 4.78. The molecule has 6 nitrogen and oxygen atoms in total. The van der Waals surface area contributed by atoms with Gasteiger partial charge in [-0.2, -0.15) is 0 Å². The van der Waals surface area contributed by atoms with Crippen molar-refractivity contribution in [2.24, 2.45) is 0 Å². The number of hydrogen-bond donors (Lipinski definition) is 2. The Hall–Kier alpha value is -2.44. The quantitative estimate of drug-likeness (QED) is 0.708. The third-order valence-electron chi connectivity index (χ3n) is 4.73. The third-order valence-corrected chi connectivity index (χ3v) is 4.73. The van der Waals surface area contributed by atoms with E-state index in [1.807, 2.05) is 18.5 Å². The van der Waals surface area contributed by atoms with E-state index in [0.717, 1.165) is 51.3 Å². The van der Waals surface area contributed by atoms with Gasteiger partial charge in [-0.25, -0.2) is 4.79 Å². The molecule has 26 heavy (non-hydrogen) atoms. The SMILES string of the molecule is O=C(O)c1cccc(CNCCCN2CCN(c3ccncc3)CC2)c1. The van der Waals surface area contributed by atoms with Crippen LogP contribution in [0.1, 0.15) is 22.3 Å². The van der Waals surface area contributed by atoms with Gasteiger partial charge < -0.3 is 15.3 Å². The van der Waals surface area contributed by atoms with Gasteiger partial charge in [0, 0.05) is 50.8 Å². The molecule has 138 valence electrons. The van der Waals surface area contributed by atoms with Gasteiger partial charge >= 0.3 is 5.97 Å². The molecule has 0 unspecified atom stereocenters. The van der Waals surface area contributed by atoms with Gasteiger partial charge in [0.1, 0.15) is 0 Å². The first kappa shape index (κ1) is 18.4. The van der Waals surface area contributed by atoms with Crippen molar-refractivity contribution >= 4 is 11.7 Å². The highest BCUT2D eigenvalue weighted by Gasteiger charge is 2.16. The Morgan fingerprint density at radius 1 is 1.12 bits per heavy atom. The van der Waals surface area contributed by atoms with Crippen LogP contribution in [0.25, 0.3) is 0 Å². The van der Waals surface area contributed by atoms with Crippen LogP contribution in [-0.4, -0.2) is 60.2 Å². The van der Waals surface area contributed by atoms with Crippen LogP contribution < -0.4 is 10.2 Å². The summed E-state index contributed by atoms with van der Waals surface area (Å²) in [5.41, 5.74) is 2.61. The fraction of sp³-hybridized carbons (Fsp3) is 0.400. The molecule has 0 aliphatic carbocycles. The Balaban J connectivity index is 1.31. The molecule has 1 fully saturated rings. The maximum Gasteiger partial charge on any atom is 0.335 e. The lowest BCUT2D eigenvalue weighted by molar-refractivity contribution is 0.0696. The van der Waals surface area contributed by atoms with E-state index in [1.165, 1.54) is 5.69 Å². The molecule has 0 amide bonds. The predicted octanol–water partition coefficient (Wildman–Crippen LogP) is 2.08. The standard InChI is InChI=1S/C20H26N4O2/c25-20(26)18-4-1-3-17(15-18)16-22-7-2-10-23-11-13-24(14-12-23)19-5-8-21-9-6-19/h1,3-6,8-9,15,22H,2,7,10-14,16H2,(H,25,26). The molecule has 3 rings (SSSR count). The molecule has 0 bridgehead atoms. The highest BCUT2D eigenvalue weighted by atomic mass is 16.4. The number of rotatable bonds is 8. The van der Waals surface area contributed by atoms with Crippen LogP contribution in [0.5, 0.6) is 0 Å². The van der Waals surface area contributed by atoms with Gasteiger partial charge in [-0.1, -0.05) is 12.1 Å². The number of carbonyl (C=O) groups is 1. The van der Waals surface area contributed by atoms with Crippen LogP contribution in [0.4, 0.5) is 5.69 Å². The Labute approximate surface area is 154 Å². The van der Waals surface area contributed by atoms with E-state index in [-0.39, 0.29) is 0 Å². The first-order chi connectivity index (χ1) is 12.7. The van der Waals surface area contributed by atoms with E-state index in [4.69, 9.17) is 5.11 Å². The molecule has 0 atom stereocenters. The van der Waals surface area contributed by atoms with Gasteiger partial charge in [0.2, 0.25) is 0 Å². The molecule has 1 aliphatic heterocycles. The summed E-state index contributed by atoms with van der Waals surface area (Å²) in [6.45, 7) is 7.01. The summed E-state index contributed by atoms with van der Waals surface area (Å²) in [4.78, 5) is 20.0. The van der Waals surface area contributed by atoms with Gasteiger partial charge in [0.05, 0.1) is 5.56 Å². The normalized spacial score (nSPS) is 15.2. The van der Waals surface area contributed by atoms with Crippen molar-refractivity contribution in [2.75, 3.05) is 44.2 Å². The largest absolute Gasteiger partial charge is 0.478 e. The van der Waals surface area contributed by atoms with Crippen molar-refractivity contribution in [2.45, 2.75) is 13.0 Å². The Morgan fingerprint density at radius 2 is 1.88 bits per heavy atom. The molecule has 2 N–H and O–H groups in total. The average Bonchev–Trinajstić information content (AvgIpc) is 2.69. The summed E-state index contributed by atoms with van der Waals surface area (Å²) in [5.74, 6) is -0.877. The highest BCUT2D eigenvalue weighted by molar-refractivity contribution is 5.87. The van der Waals surface area contributed by atoms with E-state index < -0.39 is 5.97 Å². The van der Waals surface area contributed by atoms with Crippen LogP contribution in [-0.2, 0) is 6.54 Å². The summed E-state index contributed by atoms with van der Waals surface area (Å²) < 4.78 is 0. The average molecular weight is 354 g/mol. The number of piperazine rings is 1. The topological polar surface area (TPSA) is 68.7 Å². The fourth-order valence-corrected chi connectivity index (χ4v) is 3.26. The molecule has 1 saturated heterocycles. The van der Waals surface area contributed by atoms with Crippen LogP contribution >= 0.6 is 0 Å². The molecule has 6 heteroatoms. The van der Waals surface area contributed by atoms with Crippen molar-refractivity contribution < 1.29 is 9.90 Å². The van der Waals surface area contributed by atoms with Gasteiger partial charge in [-0.15, -0.1) is 0 Å². The van der Waals surface area contributed by atoms with Crippen molar-refractivity contribution in [1.29, 1.82) is 0 Å². The molecular weight excluding hydrogens is 328 g/mol. The maximum atomic E-state index is 11.0. The number of carboxylic acids is 1. The van der Waals surface area contributed by atoms with Crippen molar-refractivity contribution in [3.63, 3.8) is 0 Å². The number of benzene rings is 1. The minimum absolute atomic E-state index is 0.344. The second-order valence-electron chi connectivity index (χ2n) is 6.57. The van der Waals surface area contributed by atoms with Crippen molar-refractivity contribution in [1.82, 2.24) is 15.2 Å². The summed E-state index contributed by atoms with van der Waals surface area (Å²) in [7, 11) is 0. The molecule has 2 aromatic rings. The third kappa shape index (κ3) is 5.28. The molecule has 1 aliphatic rings. The Bertz CT molecular complexity index is 700. The lowest BCUT2D eigenvalue weighted by atomic mass is 10.1. The predicted molar refractivity (Wildman–Crippen MR) is 103 cm³/mol. The van der Waals surface area contributed by atoms with Crippen LogP contribution in [0.15, 0.2) is 48.8 Å². The summed E-state index contributed by atoms with van der Waals surface area (Å²) in [5, 5.41) is 12.4. The first-order valence-corrected chi connectivity index (χ1v) is 9.12. The van der Waals surface area contributed by atoms with E-state index in [0.29, 0.717) is 12.1 Å². The molecule has 2 heterocycles. The van der Waals surface area contributed by atoms with Crippen molar-refractivity contribution in [3.8, 4) is 0 Å². The van der Waals surface area contributed by atoms with Crippen molar-refractivity contribution in [3.05, 3.63) is 59.9 Å². The summed E-state index contributed by atoms with van der Waals surface area (Å²) >= 11 is 0. The molecule has 1 aromatic heterocycles. The number of pyridine rings is 1. The zero-order valence-electron chi connectivity index (χ0n) is 15.0. The van der Waals surface area contributed by atoms with Gasteiger partial charge in [0.25, 0.3) is 0 Å². The summed E-state index contributed by atoms with van der Waals surface area (Å²) in [6, 6.07) is 11.2. The monoisotopic (exact) mass is 354 g/mol. The van der Waals surface area contributed by atoms with E-state index in [1.54, 1.807) is 18.2 Å². The second-order valence-corrected chi connectivity index (χ2v) is 6.57. The van der Waals surface area contributed by atoms with E-state index in [2.05, 4.69) is 32.2 Å². The number of carboxylic acid groups (broad SMARTS) is 1. The number of nitrogens with one attached hydrogen (secondary N) is 1. The number of aromatic carboxylic acids is 1. The molecule has 0 saturated carbocycles. The van der Waals surface area contributed by atoms with E-state index >= 15 is 0 Å². The van der Waals surface area contributed by atoms with Gasteiger partial charge in [-0.3, -0.25) is 9.88 Å². The second kappa shape index (κ2) is 9.31. The minimum atomic E-state index is -0.877. The fourth-order valence-electron chi connectivity index (χ4n) is 3.26. The molecule has 0 spiro atoms. The van der Waals surface area contributed by atoms with Crippen LogP contribution in [0.3, 0.4) is 0 Å². The number of aromatic nitrogens is 1. The van der Waals surface area contributed by atoms with Crippen LogP contribution in [0, 0.1) is 0 Å². The number of anilines is 1. The van der Waals surface area contributed by atoms with E-state index in [9.17, 15) is 4.79 Å².